The minimum atomic E-state index is -0.396. The lowest BCUT2D eigenvalue weighted by Crippen LogP contribution is -2.42. The van der Waals surface area contributed by atoms with E-state index in [0.29, 0.717) is 6.42 Å². The third kappa shape index (κ3) is 4.75. The Morgan fingerprint density at radius 1 is 1.73 bits per heavy atom. The summed E-state index contributed by atoms with van der Waals surface area (Å²) in [4.78, 5) is 10.6. The molecule has 0 aliphatic heterocycles. The molecule has 66 valence electrons. The van der Waals surface area contributed by atoms with E-state index in [1.807, 2.05) is 6.92 Å². The molecular weight excluding hydrogens is 144 g/mol. The lowest BCUT2D eigenvalue weighted by molar-refractivity contribution is -0.120. The topological polar surface area (TPSA) is 75.3 Å². The molecule has 0 radical (unpaired) electrons. The van der Waals surface area contributed by atoms with Crippen molar-refractivity contribution >= 4 is 5.91 Å². The lowest BCUT2D eigenvalue weighted by Gasteiger charge is -2.12. The van der Waals surface area contributed by atoms with Crippen LogP contribution in [0.3, 0.4) is 0 Å². The molecule has 0 rings (SSSR count). The third-order valence-electron chi connectivity index (χ3n) is 1.40. The number of nitrogens with two attached hydrogens (primary N) is 1. The van der Waals surface area contributed by atoms with Crippen LogP contribution in [0.15, 0.2) is 0 Å². The number of nitrogens with one attached hydrogen (secondary N) is 1. The minimum absolute atomic E-state index is 0.00960. The Morgan fingerprint density at radius 3 is 2.73 bits per heavy atom. The summed E-state index contributed by atoms with van der Waals surface area (Å²) in [6.45, 7) is 2.75. The standard InChI is InChI=1S/C7H16N2O2/c1-2-4-9-6(3-5-10)7(8)11/h6,9-10H,2-5H2,1H3,(H2,8,11)/t6-/m0/s1. The lowest BCUT2D eigenvalue weighted by atomic mass is 10.2. The highest BCUT2D eigenvalue weighted by molar-refractivity contribution is 5.79. The largest absolute Gasteiger partial charge is 0.396 e. The van der Waals surface area contributed by atoms with Crippen LogP contribution >= 0.6 is 0 Å². The molecule has 0 aromatic rings. The monoisotopic (exact) mass is 160 g/mol. The minimum Gasteiger partial charge on any atom is -0.396 e. The summed E-state index contributed by atoms with van der Waals surface area (Å²) >= 11 is 0. The van der Waals surface area contributed by atoms with Gasteiger partial charge in [-0.25, -0.2) is 0 Å². The molecule has 0 bridgehead atoms. The summed E-state index contributed by atoms with van der Waals surface area (Å²) < 4.78 is 0. The van der Waals surface area contributed by atoms with Crippen molar-refractivity contribution in [3.63, 3.8) is 0 Å². The van der Waals surface area contributed by atoms with E-state index >= 15 is 0 Å². The Morgan fingerprint density at radius 2 is 2.36 bits per heavy atom. The van der Waals surface area contributed by atoms with Gasteiger partial charge in [0.15, 0.2) is 0 Å². The van der Waals surface area contributed by atoms with Crippen LogP contribution in [0.1, 0.15) is 19.8 Å². The van der Waals surface area contributed by atoms with Gasteiger partial charge in [0.25, 0.3) is 0 Å². The first-order chi connectivity index (χ1) is 5.22. The van der Waals surface area contributed by atoms with Crippen molar-refractivity contribution in [3.05, 3.63) is 0 Å². The van der Waals surface area contributed by atoms with Gasteiger partial charge < -0.3 is 16.2 Å². The van der Waals surface area contributed by atoms with Gasteiger partial charge >= 0.3 is 0 Å². The van der Waals surface area contributed by atoms with E-state index in [-0.39, 0.29) is 12.6 Å². The van der Waals surface area contributed by atoms with Gasteiger partial charge in [0.1, 0.15) is 0 Å². The van der Waals surface area contributed by atoms with E-state index in [0.717, 1.165) is 13.0 Å². The first-order valence-corrected chi connectivity index (χ1v) is 3.86. The van der Waals surface area contributed by atoms with Crippen molar-refractivity contribution in [2.24, 2.45) is 5.73 Å². The first kappa shape index (κ1) is 10.4. The Kier molecular flexibility index (Phi) is 5.78. The zero-order valence-electron chi connectivity index (χ0n) is 6.84. The second-order valence-electron chi connectivity index (χ2n) is 2.42. The van der Waals surface area contributed by atoms with Crippen LogP contribution in [0.25, 0.3) is 0 Å². The van der Waals surface area contributed by atoms with E-state index in [1.165, 1.54) is 0 Å². The number of rotatable bonds is 6. The van der Waals surface area contributed by atoms with Crippen LogP contribution in [-0.4, -0.2) is 30.2 Å². The Hall–Kier alpha value is -0.610. The molecule has 0 aromatic heterocycles. The van der Waals surface area contributed by atoms with Gasteiger partial charge in [0.05, 0.1) is 6.04 Å². The van der Waals surface area contributed by atoms with E-state index < -0.39 is 5.91 Å². The first-order valence-electron chi connectivity index (χ1n) is 3.86. The molecule has 0 unspecified atom stereocenters. The summed E-state index contributed by atoms with van der Waals surface area (Å²) in [7, 11) is 0. The highest BCUT2D eigenvalue weighted by Crippen LogP contribution is 1.89. The molecule has 0 aliphatic rings. The fraction of sp³-hybridized carbons (Fsp3) is 0.857. The third-order valence-corrected chi connectivity index (χ3v) is 1.40. The van der Waals surface area contributed by atoms with Crippen molar-refractivity contribution in [1.82, 2.24) is 5.32 Å². The van der Waals surface area contributed by atoms with Crippen molar-refractivity contribution in [2.45, 2.75) is 25.8 Å². The van der Waals surface area contributed by atoms with Crippen molar-refractivity contribution < 1.29 is 9.90 Å². The maximum Gasteiger partial charge on any atom is 0.234 e. The highest BCUT2D eigenvalue weighted by atomic mass is 16.3. The molecule has 4 heteroatoms. The summed E-state index contributed by atoms with van der Waals surface area (Å²) in [6.07, 6.45) is 1.35. The molecule has 1 amide bonds. The number of aliphatic hydroxyl groups excluding tert-OH is 1. The maximum atomic E-state index is 10.6. The molecule has 0 fully saturated rings. The smallest absolute Gasteiger partial charge is 0.234 e. The van der Waals surface area contributed by atoms with E-state index in [4.69, 9.17) is 10.8 Å². The molecular formula is C7H16N2O2. The number of aliphatic hydroxyl groups is 1. The molecule has 0 spiro atoms. The molecule has 0 saturated heterocycles. The van der Waals surface area contributed by atoms with Crippen LogP contribution in [0, 0.1) is 0 Å². The number of carbonyl (C=O) groups is 1. The van der Waals surface area contributed by atoms with Crippen LogP contribution < -0.4 is 11.1 Å². The fourth-order valence-corrected chi connectivity index (χ4v) is 0.793. The van der Waals surface area contributed by atoms with Gasteiger partial charge in [-0.05, 0) is 19.4 Å². The highest BCUT2D eigenvalue weighted by Gasteiger charge is 2.11. The van der Waals surface area contributed by atoms with Crippen LogP contribution in [0.5, 0.6) is 0 Å². The zero-order valence-corrected chi connectivity index (χ0v) is 6.84. The normalized spacial score (nSPS) is 12.9. The average molecular weight is 160 g/mol. The number of hydrogen-bond acceptors (Lipinski definition) is 3. The molecule has 0 heterocycles. The van der Waals surface area contributed by atoms with Gasteiger partial charge in [0, 0.05) is 6.61 Å². The van der Waals surface area contributed by atoms with E-state index in [1.54, 1.807) is 0 Å². The molecule has 1 atom stereocenters. The van der Waals surface area contributed by atoms with Gasteiger partial charge in [0.2, 0.25) is 5.91 Å². The summed E-state index contributed by atoms with van der Waals surface area (Å²) in [5.41, 5.74) is 5.05. The van der Waals surface area contributed by atoms with E-state index in [2.05, 4.69) is 5.32 Å². The summed E-state index contributed by atoms with van der Waals surface area (Å²) in [6, 6.07) is -0.375. The van der Waals surface area contributed by atoms with Crippen LogP contribution in [0.4, 0.5) is 0 Å². The van der Waals surface area contributed by atoms with Crippen LogP contribution in [0.2, 0.25) is 0 Å². The zero-order chi connectivity index (χ0) is 8.69. The van der Waals surface area contributed by atoms with Gasteiger partial charge in [-0.1, -0.05) is 6.92 Å². The number of primary amides is 1. The second kappa shape index (κ2) is 6.12. The average Bonchev–Trinajstić information content (AvgIpc) is 1.97. The number of hydrogen-bond donors (Lipinski definition) is 3. The molecule has 0 saturated carbocycles. The fourth-order valence-electron chi connectivity index (χ4n) is 0.793. The van der Waals surface area contributed by atoms with Crippen molar-refractivity contribution in [1.29, 1.82) is 0 Å². The molecule has 4 nitrogen and oxygen atoms in total. The Balaban J connectivity index is 3.60. The molecule has 0 aromatic carbocycles. The van der Waals surface area contributed by atoms with Gasteiger partial charge in [-0.15, -0.1) is 0 Å². The number of carbonyl (C=O) groups excluding carboxylic acids is 1. The maximum absolute atomic E-state index is 10.6. The molecule has 0 aliphatic carbocycles. The van der Waals surface area contributed by atoms with Crippen LogP contribution in [-0.2, 0) is 4.79 Å². The predicted octanol–water partition coefficient (Wildman–Crippen LogP) is -0.778. The van der Waals surface area contributed by atoms with Crippen molar-refractivity contribution in [2.75, 3.05) is 13.2 Å². The van der Waals surface area contributed by atoms with Gasteiger partial charge in [-0.2, -0.15) is 0 Å². The number of amides is 1. The molecule has 4 N–H and O–H groups in total. The van der Waals surface area contributed by atoms with E-state index in [9.17, 15) is 4.79 Å². The quantitative estimate of drug-likeness (QED) is 0.477. The predicted molar refractivity (Wildman–Crippen MR) is 43.0 cm³/mol. The summed E-state index contributed by atoms with van der Waals surface area (Å²) in [5, 5.41) is 11.5. The van der Waals surface area contributed by atoms with Crippen molar-refractivity contribution in [3.8, 4) is 0 Å². The molecule has 11 heavy (non-hydrogen) atoms. The Labute approximate surface area is 66.8 Å². The summed E-state index contributed by atoms with van der Waals surface area (Å²) in [5.74, 6) is -0.396. The van der Waals surface area contributed by atoms with Gasteiger partial charge in [-0.3, -0.25) is 4.79 Å². The Bertz CT molecular complexity index is 117. The second-order valence-corrected chi connectivity index (χ2v) is 2.42. The SMILES string of the molecule is CCCN[C@@H](CCO)C(N)=O.